The largest absolute Gasteiger partial charge is 0.344 e. The molecule has 2 heterocycles. The number of nitrogens with one attached hydrogen (secondary N) is 1. The lowest BCUT2D eigenvalue weighted by Gasteiger charge is -2.16. The smallest absolute Gasteiger partial charge is 0.242 e. The molecule has 0 aliphatic heterocycles. The SMILES string of the molecule is CC[C@@H](NC(=O)Cn1ccnn1)c1ncnn1CC. The minimum absolute atomic E-state index is 0.122. The van der Waals surface area contributed by atoms with E-state index in [1.54, 1.807) is 10.9 Å². The van der Waals surface area contributed by atoms with Gasteiger partial charge in [0.2, 0.25) is 5.91 Å². The van der Waals surface area contributed by atoms with E-state index in [0.29, 0.717) is 0 Å². The van der Waals surface area contributed by atoms with Gasteiger partial charge in [0.15, 0.2) is 0 Å². The van der Waals surface area contributed by atoms with Gasteiger partial charge in [0.1, 0.15) is 18.7 Å². The molecule has 0 radical (unpaired) electrons. The molecular weight excluding hydrogens is 246 g/mol. The molecule has 2 aromatic rings. The van der Waals surface area contributed by atoms with Crippen LogP contribution in [0, 0.1) is 0 Å². The Balaban J connectivity index is 2.01. The molecule has 0 spiro atoms. The predicted octanol–water partition coefficient (Wildman–Crippen LogP) is 0.157. The molecule has 1 N–H and O–H groups in total. The first kappa shape index (κ1) is 13.2. The first-order valence-electron chi connectivity index (χ1n) is 6.25. The maximum absolute atomic E-state index is 11.9. The lowest BCUT2D eigenvalue weighted by atomic mass is 10.2. The Morgan fingerprint density at radius 3 is 2.95 bits per heavy atom. The maximum atomic E-state index is 11.9. The van der Waals surface area contributed by atoms with Gasteiger partial charge in [-0.25, -0.2) is 14.3 Å². The number of nitrogens with zero attached hydrogens (tertiary/aromatic N) is 6. The third kappa shape index (κ3) is 3.15. The minimum Gasteiger partial charge on any atom is -0.344 e. The number of rotatable bonds is 6. The first-order valence-corrected chi connectivity index (χ1v) is 6.25. The number of aromatic nitrogens is 6. The Labute approximate surface area is 110 Å². The van der Waals surface area contributed by atoms with Crippen molar-refractivity contribution in [3.05, 3.63) is 24.5 Å². The Hall–Kier alpha value is -2.25. The van der Waals surface area contributed by atoms with Gasteiger partial charge in [0, 0.05) is 12.7 Å². The zero-order valence-corrected chi connectivity index (χ0v) is 11.0. The van der Waals surface area contributed by atoms with Gasteiger partial charge in [-0.3, -0.25) is 4.79 Å². The van der Waals surface area contributed by atoms with Crippen LogP contribution in [0.2, 0.25) is 0 Å². The molecule has 102 valence electrons. The van der Waals surface area contributed by atoms with Crippen molar-refractivity contribution in [2.45, 2.75) is 39.4 Å². The highest BCUT2D eigenvalue weighted by Gasteiger charge is 2.18. The molecule has 0 aliphatic carbocycles. The van der Waals surface area contributed by atoms with E-state index in [0.717, 1.165) is 18.8 Å². The van der Waals surface area contributed by atoms with Crippen LogP contribution >= 0.6 is 0 Å². The summed E-state index contributed by atoms with van der Waals surface area (Å²) in [7, 11) is 0. The molecule has 0 aromatic carbocycles. The van der Waals surface area contributed by atoms with Crippen molar-refractivity contribution in [3.63, 3.8) is 0 Å². The van der Waals surface area contributed by atoms with Crippen LogP contribution in [0.4, 0.5) is 0 Å². The van der Waals surface area contributed by atoms with Gasteiger partial charge in [-0.2, -0.15) is 5.10 Å². The van der Waals surface area contributed by atoms with Gasteiger partial charge in [-0.1, -0.05) is 12.1 Å². The third-order valence-electron chi connectivity index (χ3n) is 2.78. The lowest BCUT2D eigenvalue weighted by Crippen LogP contribution is -2.33. The van der Waals surface area contributed by atoms with Crippen LogP contribution in [-0.2, 0) is 17.9 Å². The van der Waals surface area contributed by atoms with E-state index in [-0.39, 0.29) is 18.5 Å². The van der Waals surface area contributed by atoms with E-state index < -0.39 is 0 Å². The van der Waals surface area contributed by atoms with Crippen LogP contribution in [0.25, 0.3) is 0 Å². The zero-order chi connectivity index (χ0) is 13.7. The monoisotopic (exact) mass is 263 g/mol. The molecule has 2 aromatic heterocycles. The van der Waals surface area contributed by atoms with E-state index >= 15 is 0 Å². The van der Waals surface area contributed by atoms with Gasteiger partial charge in [0.25, 0.3) is 0 Å². The topological polar surface area (TPSA) is 90.5 Å². The summed E-state index contributed by atoms with van der Waals surface area (Å²) in [6.45, 7) is 4.86. The number of hydrogen-bond acceptors (Lipinski definition) is 5. The Kier molecular flexibility index (Phi) is 4.22. The number of aryl methyl sites for hydroxylation is 1. The molecule has 1 atom stereocenters. The molecule has 0 saturated heterocycles. The Bertz CT molecular complexity index is 519. The van der Waals surface area contributed by atoms with Crippen LogP contribution in [0.1, 0.15) is 32.1 Å². The van der Waals surface area contributed by atoms with Crippen LogP contribution in [0.15, 0.2) is 18.7 Å². The molecule has 0 saturated carbocycles. The summed E-state index contributed by atoms with van der Waals surface area (Å²) in [6.07, 6.45) is 5.44. The summed E-state index contributed by atoms with van der Waals surface area (Å²) >= 11 is 0. The van der Waals surface area contributed by atoms with Crippen molar-refractivity contribution in [3.8, 4) is 0 Å². The van der Waals surface area contributed by atoms with Crippen molar-refractivity contribution in [2.24, 2.45) is 0 Å². The molecule has 0 aliphatic rings. The zero-order valence-electron chi connectivity index (χ0n) is 11.0. The highest BCUT2D eigenvalue weighted by Crippen LogP contribution is 2.13. The second-order valence-electron chi connectivity index (χ2n) is 4.06. The second kappa shape index (κ2) is 6.07. The van der Waals surface area contributed by atoms with E-state index in [2.05, 4.69) is 25.7 Å². The van der Waals surface area contributed by atoms with E-state index in [1.807, 2.05) is 13.8 Å². The van der Waals surface area contributed by atoms with Gasteiger partial charge < -0.3 is 5.32 Å². The summed E-state index contributed by atoms with van der Waals surface area (Å²) < 4.78 is 3.26. The van der Waals surface area contributed by atoms with Crippen LogP contribution in [0.3, 0.4) is 0 Å². The average Bonchev–Trinajstić information content (AvgIpc) is 3.06. The standard InChI is InChI=1S/C11H17N7O/c1-3-9(11-12-8-14-18(11)4-2)15-10(19)7-17-6-5-13-16-17/h5-6,8-9H,3-4,7H2,1-2H3,(H,15,19)/t9-/m1/s1. The fraction of sp³-hybridized carbons (Fsp3) is 0.545. The van der Waals surface area contributed by atoms with Crippen molar-refractivity contribution >= 4 is 5.91 Å². The summed E-state index contributed by atoms with van der Waals surface area (Å²) in [5, 5.41) is 14.5. The maximum Gasteiger partial charge on any atom is 0.242 e. The molecule has 0 bridgehead atoms. The molecule has 8 nitrogen and oxygen atoms in total. The molecule has 1 amide bonds. The lowest BCUT2D eigenvalue weighted by molar-refractivity contribution is -0.122. The molecule has 8 heteroatoms. The van der Waals surface area contributed by atoms with Crippen molar-refractivity contribution in [1.82, 2.24) is 35.1 Å². The fourth-order valence-corrected chi connectivity index (χ4v) is 1.84. The van der Waals surface area contributed by atoms with Gasteiger partial charge in [0.05, 0.1) is 12.2 Å². The number of hydrogen-bond donors (Lipinski definition) is 1. The van der Waals surface area contributed by atoms with Crippen molar-refractivity contribution < 1.29 is 4.79 Å². The Morgan fingerprint density at radius 1 is 1.47 bits per heavy atom. The minimum atomic E-state index is -0.140. The summed E-state index contributed by atoms with van der Waals surface area (Å²) in [5.74, 6) is 0.653. The summed E-state index contributed by atoms with van der Waals surface area (Å²) in [5.41, 5.74) is 0. The van der Waals surface area contributed by atoms with Gasteiger partial charge >= 0.3 is 0 Å². The number of carbonyl (C=O) groups is 1. The quantitative estimate of drug-likeness (QED) is 0.801. The number of amides is 1. The highest BCUT2D eigenvalue weighted by atomic mass is 16.2. The second-order valence-corrected chi connectivity index (χ2v) is 4.06. The molecule has 19 heavy (non-hydrogen) atoms. The predicted molar refractivity (Wildman–Crippen MR) is 66.9 cm³/mol. The fourth-order valence-electron chi connectivity index (χ4n) is 1.84. The summed E-state index contributed by atoms with van der Waals surface area (Å²) in [4.78, 5) is 16.1. The van der Waals surface area contributed by atoms with Crippen LogP contribution in [0.5, 0.6) is 0 Å². The van der Waals surface area contributed by atoms with E-state index in [4.69, 9.17) is 0 Å². The molecule has 0 unspecified atom stereocenters. The van der Waals surface area contributed by atoms with Crippen molar-refractivity contribution in [1.29, 1.82) is 0 Å². The third-order valence-corrected chi connectivity index (χ3v) is 2.78. The first-order chi connectivity index (χ1) is 9.24. The van der Waals surface area contributed by atoms with Crippen molar-refractivity contribution in [2.75, 3.05) is 0 Å². The van der Waals surface area contributed by atoms with Gasteiger partial charge in [-0.05, 0) is 13.3 Å². The molecule has 2 rings (SSSR count). The molecule has 0 fully saturated rings. The number of carbonyl (C=O) groups excluding carboxylic acids is 1. The Morgan fingerprint density at radius 2 is 2.32 bits per heavy atom. The van der Waals surface area contributed by atoms with E-state index in [9.17, 15) is 4.79 Å². The highest BCUT2D eigenvalue weighted by molar-refractivity contribution is 5.76. The van der Waals surface area contributed by atoms with E-state index in [1.165, 1.54) is 17.2 Å². The average molecular weight is 263 g/mol. The molecular formula is C11H17N7O. The van der Waals surface area contributed by atoms with Gasteiger partial charge in [-0.15, -0.1) is 5.10 Å². The summed E-state index contributed by atoms with van der Waals surface area (Å²) in [6, 6.07) is -0.140. The normalized spacial score (nSPS) is 12.3. The van der Waals surface area contributed by atoms with Crippen LogP contribution in [-0.4, -0.2) is 35.7 Å². The van der Waals surface area contributed by atoms with Crippen LogP contribution < -0.4 is 5.32 Å².